The number of carbonyl (C=O) groups is 1. The van der Waals surface area contributed by atoms with Crippen molar-refractivity contribution < 1.29 is 9.21 Å². The summed E-state index contributed by atoms with van der Waals surface area (Å²) >= 11 is 0. The summed E-state index contributed by atoms with van der Waals surface area (Å²) in [6, 6.07) is 12.1. The molecule has 1 aromatic carbocycles. The van der Waals surface area contributed by atoms with E-state index in [1.165, 1.54) is 6.07 Å². The predicted octanol–water partition coefficient (Wildman–Crippen LogP) is 2.68. The molecule has 2 aromatic heterocycles. The summed E-state index contributed by atoms with van der Waals surface area (Å²) in [7, 11) is 0. The fraction of sp³-hybridized carbons (Fsp3) is 0.118. The number of pyridine rings is 1. The second kappa shape index (κ2) is 5.81. The predicted molar refractivity (Wildman–Crippen MR) is 83.8 cm³/mol. The number of hydrogen-bond donors (Lipinski definition) is 1. The van der Waals surface area contributed by atoms with E-state index in [2.05, 4.69) is 10.3 Å². The lowest BCUT2D eigenvalue weighted by Crippen LogP contribution is -2.15. The largest absolute Gasteiger partial charge is 0.423 e. The highest BCUT2D eigenvalue weighted by molar-refractivity contribution is 5.94. The van der Waals surface area contributed by atoms with Crippen LogP contribution in [0.15, 0.2) is 57.9 Å². The lowest BCUT2D eigenvalue weighted by molar-refractivity contribution is -0.115. The van der Waals surface area contributed by atoms with Crippen molar-refractivity contribution in [1.29, 1.82) is 0 Å². The molecule has 2 heterocycles. The molecule has 0 spiro atoms. The Hall–Kier alpha value is -2.95. The molecule has 0 aliphatic heterocycles. The van der Waals surface area contributed by atoms with Gasteiger partial charge in [-0.05, 0) is 36.8 Å². The van der Waals surface area contributed by atoms with Crippen molar-refractivity contribution >= 4 is 22.6 Å². The molecule has 0 saturated carbocycles. The van der Waals surface area contributed by atoms with E-state index in [1.807, 2.05) is 19.1 Å². The summed E-state index contributed by atoms with van der Waals surface area (Å²) in [6.45, 7) is 1.85. The van der Waals surface area contributed by atoms with Gasteiger partial charge in [-0.3, -0.25) is 9.78 Å². The van der Waals surface area contributed by atoms with E-state index in [-0.39, 0.29) is 12.3 Å². The molecular weight excluding hydrogens is 280 g/mol. The van der Waals surface area contributed by atoms with Crippen LogP contribution in [0.5, 0.6) is 0 Å². The van der Waals surface area contributed by atoms with Crippen LogP contribution in [0.4, 0.5) is 5.69 Å². The Kier molecular flexibility index (Phi) is 3.70. The van der Waals surface area contributed by atoms with Crippen molar-refractivity contribution in [2.24, 2.45) is 0 Å². The van der Waals surface area contributed by atoms with Gasteiger partial charge < -0.3 is 9.73 Å². The molecule has 5 nitrogen and oxygen atoms in total. The van der Waals surface area contributed by atoms with Gasteiger partial charge in [0.05, 0.1) is 6.42 Å². The Morgan fingerprint density at radius 2 is 2.09 bits per heavy atom. The maximum atomic E-state index is 12.0. The van der Waals surface area contributed by atoms with Crippen LogP contribution in [-0.4, -0.2) is 10.9 Å². The van der Waals surface area contributed by atoms with Crippen molar-refractivity contribution in [3.05, 3.63) is 70.3 Å². The first-order valence-electron chi connectivity index (χ1n) is 6.86. The second-order valence-corrected chi connectivity index (χ2v) is 5.01. The number of amides is 1. The molecule has 0 unspecified atom stereocenters. The van der Waals surface area contributed by atoms with Gasteiger partial charge in [0.15, 0.2) is 0 Å². The summed E-state index contributed by atoms with van der Waals surface area (Å²) in [6.07, 6.45) is 1.84. The first kappa shape index (κ1) is 14.0. The molecule has 0 radical (unpaired) electrons. The van der Waals surface area contributed by atoms with Crippen LogP contribution >= 0.6 is 0 Å². The highest BCUT2D eigenvalue weighted by Gasteiger charge is 2.07. The summed E-state index contributed by atoms with van der Waals surface area (Å²) in [5, 5.41) is 3.63. The molecule has 3 rings (SSSR count). The first-order chi connectivity index (χ1) is 10.6. The minimum Gasteiger partial charge on any atom is -0.423 e. The SMILES string of the molecule is Cc1cc(=O)oc2cc(NC(=O)Cc3ccccn3)ccc12. The summed E-state index contributed by atoms with van der Waals surface area (Å²) in [5.41, 5.74) is 2.19. The third kappa shape index (κ3) is 3.03. The molecule has 0 saturated heterocycles. The van der Waals surface area contributed by atoms with Crippen LogP contribution in [0, 0.1) is 6.92 Å². The second-order valence-electron chi connectivity index (χ2n) is 5.01. The smallest absolute Gasteiger partial charge is 0.336 e. The molecule has 110 valence electrons. The Labute approximate surface area is 126 Å². The van der Waals surface area contributed by atoms with Crippen molar-refractivity contribution in [3.8, 4) is 0 Å². The van der Waals surface area contributed by atoms with Gasteiger partial charge >= 0.3 is 5.63 Å². The lowest BCUT2D eigenvalue weighted by Gasteiger charge is -2.06. The van der Waals surface area contributed by atoms with Crippen LogP contribution in [0.1, 0.15) is 11.3 Å². The number of nitrogens with one attached hydrogen (secondary N) is 1. The molecule has 3 aromatic rings. The van der Waals surface area contributed by atoms with Gasteiger partial charge in [-0.25, -0.2) is 4.79 Å². The standard InChI is InChI=1S/C17H14N2O3/c1-11-8-17(21)22-15-9-13(5-6-14(11)15)19-16(20)10-12-4-2-3-7-18-12/h2-9H,10H2,1H3,(H,19,20). The Bertz CT molecular complexity index is 885. The minimum atomic E-state index is -0.401. The number of benzene rings is 1. The third-order valence-corrected chi connectivity index (χ3v) is 3.30. The number of carbonyl (C=O) groups excluding carboxylic acids is 1. The van der Waals surface area contributed by atoms with E-state index in [4.69, 9.17) is 4.42 Å². The molecule has 1 amide bonds. The molecule has 0 aliphatic rings. The van der Waals surface area contributed by atoms with Gasteiger partial charge in [0.2, 0.25) is 5.91 Å². The molecule has 0 fully saturated rings. The average Bonchev–Trinajstić information content (AvgIpc) is 2.47. The maximum absolute atomic E-state index is 12.0. The van der Waals surface area contributed by atoms with Crippen LogP contribution in [-0.2, 0) is 11.2 Å². The number of aromatic nitrogens is 1. The van der Waals surface area contributed by atoms with Crippen molar-refractivity contribution in [3.63, 3.8) is 0 Å². The number of anilines is 1. The quantitative estimate of drug-likeness (QED) is 0.754. The molecule has 0 bridgehead atoms. The van der Waals surface area contributed by atoms with Crippen LogP contribution < -0.4 is 10.9 Å². The molecule has 5 heteroatoms. The van der Waals surface area contributed by atoms with Crippen LogP contribution in [0.25, 0.3) is 11.0 Å². The monoisotopic (exact) mass is 294 g/mol. The van der Waals surface area contributed by atoms with Gasteiger partial charge in [-0.15, -0.1) is 0 Å². The zero-order chi connectivity index (χ0) is 15.5. The van der Waals surface area contributed by atoms with E-state index in [1.54, 1.807) is 30.5 Å². The van der Waals surface area contributed by atoms with Gasteiger partial charge in [0.25, 0.3) is 0 Å². The summed E-state index contributed by atoms with van der Waals surface area (Å²) in [4.78, 5) is 27.5. The van der Waals surface area contributed by atoms with Gasteiger partial charge in [-0.2, -0.15) is 0 Å². The Morgan fingerprint density at radius 3 is 2.86 bits per heavy atom. The topological polar surface area (TPSA) is 72.2 Å². The normalized spacial score (nSPS) is 10.6. The molecule has 0 atom stereocenters. The van der Waals surface area contributed by atoms with Crippen molar-refractivity contribution in [2.45, 2.75) is 13.3 Å². The summed E-state index contributed by atoms with van der Waals surface area (Å²) in [5.74, 6) is -0.173. The van der Waals surface area contributed by atoms with E-state index in [0.29, 0.717) is 17.0 Å². The van der Waals surface area contributed by atoms with E-state index in [0.717, 1.165) is 10.9 Å². The van der Waals surface area contributed by atoms with Crippen molar-refractivity contribution in [2.75, 3.05) is 5.32 Å². The Balaban J connectivity index is 1.82. The maximum Gasteiger partial charge on any atom is 0.336 e. The number of rotatable bonds is 3. The number of aryl methyl sites for hydroxylation is 1. The van der Waals surface area contributed by atoms with Crippen LogP contribution in [0.2, 0.25) is 0 Å². The molecular formula is C17H14N2O3. The van der Waals surface area contributed by atoms with E-state index >= 15 is 0 Å². The number of nitrogens with zero attached hydrogens (tertiary/aromatic N) is 1. The first-order valence-corrected chi connectivity index (χ1v) is 6.86. The van der Waals surface area contributed by atoms with Gasteiger partial charge in [-0.1, -0.05) is 6.07 Å². The fourth-order valence-electron chi connectivity index (χ4n) is 2.28. The highest BCUT2D eigenvalue weighted by atomic mass is 16.4. The average molecular weight is 294 g/mol. The van der Waals surface area contributed by atoms with Crippen LogP contribution in [0.3, 0.4) is 0 Å². The fourth-order valence-corrected chi connectivity index (χ4v) is 2.28. The number of fused-ring (bicyclic) bond motifs is 1. The third-order valence-electron chi connectivity index (χ3n) is 3.30. The lowest BCUT2D eigenvalue weighted by atomic mass is 10.1. The van der Waals surface area contributed by atoms with E-state index in [9.17, 15) is 9.59 Å². The van der Waals surface area contributed by atoms with Gasteiger partial charge in [0, 0.05) is 35.1 Å². The Morgan fingerprint density at radius 1 is 1.23 bits per heavy atom. The minimum absolute atomic E-state index is 0.173. The van der Waals surface area contributed by atoms with E-state index < -0.39 is 5.63 Å². The zero-order valence-electron chi connectivity index (χ0n) is 12.0. The molecule has 0 aliphatic carbocycles. The zero-order valence-corrected chi connectivity index (χ0v) is 12.0. The van der Waals surface area contributed by atoms with Gasteiger partial charge in [0.1, 0.15) is 5.58 Å². The molecule has 22 heavy (non-hydrogen) atoms. The number of hydrogen-bond acceptors (Lipinski definition) is 4. The molecule has 1 N–H and O–H groups in total. The highest BCUT2D eigenvalue weighted by Crippen LogP contribution is 2.20. The summed E-state index contributed by atoms with van der Waals surface area (Å²) < 4.78 is 5.16. The van der Waals surface area contributed by atoms with Crippen molar-refractivity contribution in [1.82, 2.24) is 4.98 Å².